The Morgan fingerprint density at radius 2 is 1.95 bits per heavy atom. The maximum absolute atomic E-state index is 10.7. The van der Waals surface area contributed by atoms with Gasteiger partial charge in [-0.2, -0.15) is 0 Å². The average molecular weight is 277 g/mol. The van der Waals surface area contributed by atoms with E-state index in [4.69, 9.17) is 5.73 Å². The van der Waals surface area contributed by atoms with E-state index < -0.39 is 0 Å². The second kappa shape index (κ2) is 6.70. The molecule has 0 radical (unpaired) electrons. The summed E-state index contributed by atoms with van der Waals surface area (Å²) in [7, 11) is 0. The van der Waals surface area contributed by atoms with Crippen molar-refractivity contribution in [1.82, 2.24) is 0 Å². The fourth-order valence-electron chi connectivity index (χ4n) is 3.25. The summed E-state index contributed by atoms with van der Waals surface area (Å²) in [6.07, 6.45) is 4.85. The average Bonchev–Trinajstić information content (AvgIpc) is 2.49. The zero-order valence-electron chi connectivity index (χ0n) is 12.0. The van der Waals surface area contributed by atoms with Crippen LogP contribution in [0, 0.1) is 16.0 Å². The lowest BCUT2D eigenvalue weighted by atomic mass is 9.83. The lowest BCUT2D eigenvalue weighted by Crippen LogP contribution is -2.45. The van der Waals surface area contributed by atoms with E-state index in [9.17, 15) is 10.1 Å². The molecule has 1 saturated carbocycles. The van der Waals surface area contributed by atoms with Crippen molar-refractivity contribution < 1.29 is 4.92 Å². The molecule has 0 spiro atoms. The molecule has 2 unspecified atom stereocenters. The van der Waals surface area contributed by atoms with Crippen molar-refractivity contribution in [2.45, 2.75) is 38.6 Å². The van der Waals surface area contributed by atoms with Crippen LogP contribution in [0.5, 0.6) is 0 Å². The SMILES string of the molecule is CCN(c1ccc([N+](=O)[O-])cc1)C1CCCCC1CN. The molecule has 0 bridgehead atoms. The van der Waals surface area contributed by atoms with E-state index >= 15 is 0 Å². The molecule has 1 fully saturated rings. The van der Waals surface area contributed by atoms with Crippen LogP contribution < -0.4 is 10.6 Å². The molecule has 2 rings (SSSR count). The molecule has 0 saturated heterocycles. The van der Waals surface area contributed by atoms with Gasteiger partial charge in [0.05, 0.1) is 4.92 Å². The van der Waals surface area contributed by atoms with Gasteiger partial charge in [-0.25, -0.2) is 0 Å². The zero-order chi connectivity index (χ0) is 14.5. The Bertz CT molecular complexity index is 447. The Kier molecular flexibility index (Phi) is 4.95. The second-order valence-electron chi connectivity index (χ2n) is 5.41. The minimum absolute atomic E-state index is 0.142. The lowest BCUT2D eigenvalue weighted by molar-refractivity contribution is -0.384. The molecule has 1 aliphatic rings. The van der Waals surface area contributed by atoms with Crippen molar-refractivity contribution in [3.8, 4) is 0 Å². The number of rotatable bonds is 5. The number of hydrogen-bond donors (Lipinski definition) is 1. The maximum Gasteiger partial charge on any atom is 0.269 e. The number of nitrogens with two attached hydrogens (primary N) is 1. The van der Waals surface area contributed by atoms with Gasteiger partial charge in [-0.1, -0.05) is 12.8 Å². The predicted molar refractivity (Wildman–Crippen MR) is 80.9 cm³/mol. The highest BCUT2D eigenvalue weighted by atomic mass is 16.6. The number of hydrogen-bond acceptors (Lipinski definition) is 4. The van der Waals surface area contributed by atoms with Crippen LogP contribution in [-0.4, -0.2) is 24.1 Å². The minimum atomic E-state index is -0.358. The van der Waals surface area contributed by atoms with Gasteiger partial charge in [0, 0.05) is 30.4 Å². The lowest BCUT2D eigenvalue weighted by Gasteiger charge is -2.40. The topological polar surface area (TPSA) is 72.4 Å². The van der Waals surface area contributed by atoms with E-state index in [1.807, 2.05) is 12.1 Å². The van der Waals surface area contributed by atoms with Gasteiger partial charge in [0.2, 0.25) is 0 Å². The monoisotopic (exact) mass is 277 g/mol. The smallest absolute Gasteiger partial charge is 0.269 e. The summed E-state index contributed by atoms with van der Waals surface area (Å²) in [6.45, 7) is 3.75. The Hall–Kier alpha value is -1.62. The van der Waals surface area contributed by atoms with Gasteiger partial charge in [0.25, 0.3) is 5.69 Å². The summed E-state index contributed by atoms with van der Waals surface area (Å²) in [5, 5.41) is 10.7. The van der Waals surface area contributed by atoms with Crippen LogP contribution in [0.25, 0.3) is 0 Å². The molecule has 5 nitrogen and oxygen atoms in total. The highest BCUT2D eigenvalue weighted by Crippen LogP contribution is 2.31. The Labute approximate surface area is 119 Å². The molecule has 0 aliphatic heterocycles. The van der Waals surface area contributed by atoms with Crippen molar-refractivity contribution in [2.24, 2.45) is 11.7 Å². The number of non-ortho nitro benzene ring substituents is 1. The van der Waals surface area contributed by atoms with E-state index in [0.717, 1.165) is 18.7 Å². The largest absolute Gasteiger partial charge is 0.368 e. The summed E-state index contributed by atoms with van der Waals surface area (Å²) < 4.78 is 0. The molecule has 110 valence electrons. The summed E-state index contributed by atoms with van der Waals surface area (Å²) in [5.41, 5.74) is 7.11. The number of anilines is 1. The van der Waals surface area contributed by atoms with Crippen LogP contribution in [0.4, 0.5) is 11.4 Å². The first-order valence-electron chi connectivity index (χ1n) is 7.38. The normalized spacial score (nSPS) is 22.5. The Balaban J connectivity index is 2.19. The summed E-state index contributed by atoms with van der Waals surface area (Å²) in [6, 6.07) is 7.32. The molecule has 1 aliphatic carbocycles. The molecule has 1 aromatic rings. The van der Waals surface area contributed by atoms with Gasteiger partial charge in [-0.3, -0.25) is 10.1 Å². The first kappa shape index (κ1) is 14.8. The van der Waals surface area contributed by atoms with Crippen LogP contribution in [0.3, 0.4) is 0 Å². The first-order valence-corrected chi connectivity index (χ1v) is 7.38. The van der Waals surface area contributed by atoms with Gasteiger partial charge in [0.15, 0.2) is 0 Å². The third-order valence-electron chi connectivity index (χ3n) is 4.30. The van der Waals surface area contributed by atoms with Gasteiger partial charge in [0.1, 0.15) is 0 Å². The standard InChI is InChI=1S/C15H23N3O2/c1-2-17(15-6-4-3-5-12(15)11-16)13-7-9-14(10-8-13)18(19)20/h7-10,12,15H,2-6,11,16H2,1H3. The van der Waals surface area contributed by atoms with E-state index in [1.54, 1.807) is 12.1 Å². The van der Waals surface area contributed by atoms with E-state index in [0.29, 0.717) is 18.5 Å². The van der Waals surface area contributed by atoms with Gasteiger partial charge in [-0.15, -0.1) is 0 Å². The Morgan fingerprint density at radius 3 is 2.50 bits per heavy atom. The predicted octanol–water partition coefficient (Wildman–Crippen LogP) is 2.94. The molecular formula is C15H23N3O2. The molecule has 0 amide bonds. The van der Waals surface area contributed by atoms with E-state index in [1.165, 1.54) is 19.3 Å². The molecule has 1 aromatic carbocycles. The van der Waals surface area contributed by atoms with Gasteiger partial charge in [-0.05, 0) is 44.4 Å². The highest BCUT2D eigenvalue weighted by molar-refractivity contribution is 5.51. The van der Waals surface area contributed by atoms with Gasteiger partial charge >= 0.3 is 0 Å². The fourth-order valence-corrected chi connectivity index (χ4v) is 3.25. The molecule has 2 atom stereocenters. The first-order chi connectivity index (χ1) is 9.67. The summed E-state index contributed by atoms with van der Waals surface area (Å²) in [4.78, 5) is 12.7. The van der Waals surface area contributed by atoms with Gasteiger partial charge < -0.3 is 10.6 Å². The molecule has 0 aromatic heterocycles. The minimum Gasteiger partial charge on any atom is -0.368 e. The van der Waals surface area contributed by atoms with Crippen LogP contribution in [-0.2, 0) is 0 Å². The van der Waals surface area contributed by atoms with Crippen molar-refractivity contribution in [3.63, 3.8) is 0 Å². The zero-order valence-corrected chi connectivity index (χ0v) is 12.0. The third-order valence-corrected chi connectivity index (χ3v) is 4.30. The number of nitrogens with zero attached hydrogens (tertiary/aromatic N) is 2. The molecule has 0 heterocycles. The number of benzene rings is 1. The summed E-state index contributed by atoms with van der Waals surface area (Å²) >= 11 is 0. The van der Waals surface area contributed by atoms with E-state index in [2.05, 4.69) is 11.8 Å². The van der Waals surface area contributed by atoms with Crippen LogP contribution in [0.15, 0.2) is 24.3 Å². The number of nitro benzene ring substituents is 1. The molecule has 5 heteroatoms. The van der Waals surface area contributed by atoms with Crippen molar-refractivity contribution in [2.75, 3.05) is 18.0 Å². The van der Waals surface area contributed by atoms with E-state index in [-0.39, 0.29) is 10.6 Å². The van der Waals surface area contributed by atoms with Crippen LogP contribution >= 0.6 is 0 Å². The fraction of sp³-hybridized carbons (Fsp3) is 0.600. The Morgan fingerprint density at radius 1 is 1.30 bits per heavy atom. The molecule has 2 N–H and O–H groups in total. The van der Waals surface area contributed by atoms with Crippen LogP contribution in [0.2, 0.25) is 0 Å². The van der Waals surface area contributed by atoms with Crippen molar-refractivity contribution >= 4 is 11.4 Å². The van der Waals surface area contributed by atoms with Crippen LogP contribution in [0.1, 0.15) is 32.6 Å². The summed E-state index contributed by atoms with van der Waals surface area (Å²) in [5.74, 6) is 0.527. The second-order valence-corrected chi connectivity index (χ2v) is 5.41. The number of nitro groups is 1. The van der Waals surface area contributed by atoms with Crippen molar-refractivity contribution in [3.05, 3.63) is 34.4 Å². The third kappa shape index (κ3) is 3.10. The van der Waals surface area contributed by atoms with Crippen molar-refractivity contribution in [1.29, 1.82) is 0 Å². The quantitative estimate of drug-likeness (QED) is 0.663. The highest BCUT2D eigenvalue weighted by Gasteiger charge is 2.28. The maximum atomic E-state index is 10.7. The molecule has 20 heavy (non-hydrogen) atoms. The molecular weight excluding hydrogens is 254 g/mol.